The number of aromatic nitrogens is 2. The molecule has 2 aromatic heterocycles. The minimum absolute atomic E-state index is 0.0749. The SMILES string of the molecule is CN(Cc1cccs1)S(=O)(=O)c1nnc(N)s1. The number of hydrogen-bond acceptors (Lipinski definition) is 7. The highest BCUT2D eigenvalue weighted by atomic mass is 32.2. The Morgan fingerprint density at radius 1 is 1.47 bits per heavy atom. The van der Waals surface area contributed by atoms with E-state index in [1.165, 1.54) is 22.7 Å². The molecule has 2 aromatic rings. The number of nitrogens with two attached hydrogens (primary N) is 1. The number of rotatable bonds is 4. The van der Waals surface area contributed by atoms with Gasteiger partial charge in [0.2, 0.25) is 9.47 Å². The van der Waals surface area contributed by atoms with E-state index in [1.54, 1.807) is 0 Å². The largest absolute Gasteiger partial charge is 0.374 e. The summed E-state index contributed by atoms with van der Waals surface area (Å²) in [7, 11) is -2.08. The minimum atomic E-state index is -3.59. The molecule has 17 heavy (non-hydrogen) atoms. The molecule has 0 radical (unpaired) electrons. The van der Waals surface area contributed by atoms with E-state index < -0.39 is 10.0 Å². The normalized spacial score (nSPS) is 12.1. The molecule has 0 aliphatic carbocycles. The molecule has 0 saturated carbocycles. The van der Waals surface area contributed by atoms with E-state index in [4.69, 9.17) is 5.73 Å². The molecule has 0 aliphatic heterocycles. The standard InChI is InChI=1S/C8H10N4O2S3/c1-12(5-6-3-2-4-15-6)17(13,14)8-11-10-7(9)16-8/h2-4H,5H2,1H3,(H2,9,10). The van der Waals surface area contributed by atoms with Crippen LogP contribution < -0.4 is 5.73 Å². The Kier molecular flexibility index (Phi) is 3.43. The van der Waals surface area contributed by atoms with E-state index in [0.717, 1.165) is 16.2 Å². The Labute approximate surface area is 107 Å². The summed E-state index contributed by atoms with van der Waals surface area (Å²) >= 11 is 2.37. The third-order valence-corrected chi connectivity index (χ3v) is 5.77. The number of thiophene rings is 1. The summed E-state index contributed by atoms with van der Waals surface area (Å²) in [6.07, 6.45) is 0. The first-order valence-corrected chi connectivity index (χ1v) is 7.71. The van der Waals surface area contributed by atoms with Crippen LogP contribution in [-0.2, 0) is 16.6 Å². The molecule has 6 nitrogen and oxygen atoms in total. The van der Waals surface area contributed by atoms with Crippen LogP contribution in [0.2, 0.25) is 0 Å². The Bertz CT molecular complexity index is 590. The molecular formula is C8H10N4O2S3. The van der Waals surface area contributed by atoms with Crippen LogP contribution in [0.4, 0.5) is 5.13 Å². The Morgan fingerprint density at radius 3 is 2.76 bits per heavy atom. The van der Waals surface area contributed by atoms with Gasteiger partial charge in [0.25, 0.3) is 10.0 Å². The summed E-state index contributed by atoms with van der Waals surface area (Å²) in [5.74, 6) is 0. The molecule has 0 saturated heterocycles. The van der Waals surface area contributed by atoms with Crippen molar-refractivity contribution in [3.8, 4) is 0 Å². The van der Waals surface area contributed by atoms with Gasteiger partial charge in [-0.3, -0.25) is 0 Å². The quantitative estimate of drug-likeness (QED) is 0.907. The molecule has 2 N–H and O–H groups in total. The van der Waals surface area contributed by atoms with Crippen molar-refractivity contribution in [1.29, 1.82) is 0 Å². The van der Waals surface area contributed by atoms with Gasteiger partial charge in [-0.2, -0.15) is 4.31 Å². The Hall–Kier alpha value is -1.03. The molecule has 2 heterocycles. The number of hydrogen-bond donors (Lipinski definition) is 1. The summed E-state index contributed by atoms with van der Waals surface area (Å²) in [6, 6.07) is 3.76. The van der Waals surface area contributed by atoms with Crippen LogP contribution in [0.25, 0.3) is 0 Å². The predicted molar refractivity (Wildman–Crippen MR) is 67.3 cm³/mol. The van der Waals surface area contributed by atoms with Crippen LogP contribution in [0.15, 0.2) is 21.9 Å². The first-order valence-electron chi connectivity index (χ1n) is 4.58. The van der Waals surface area contributed by atoms with E-state index >= 15 is 0 Å². The molecule has 0 amide bonds. The summed E-state index contributed by atoms with van der Waals surface area (Å²) in [6.45, 7) is 0.319. The maximum Gasteiger partial charge on any atom is 0.272 e. The fraction of sp³-hybridized carbons (Fsp3) is 0.250. The topological polar surface area (TPSA) is 89.2 Å². The van der Waals surface area contributed by atoms with Gasteiger partial charge in [-0.05, 0) is 11.4 Å². The molecule has 0 spiro atoms. The molecule has 0 atom stereocenters. The van der Waals surface area contributed by atoms with Crippen molar-refractivity contribution in [1.82, 2.24) is 14.5 Å². The second kappa shape index (κ2) is 4.69. The summed E-state index contributed by atoms with van der Waals surface area (Å²) in [5, 5.41) is 9.11. The van der Waals surface area contributed by atoms with Gasteiger partial charge in [-0.25, -0.2) is 8.42 Å². The van der Waals surface area contributed by atoms with Crippen molar-refractivity contribution in [2.24, 2.45) is 0 Å². The Balaban J connectivity index is 2.21. The first-order chi connectivity index (χ1) is 8.00. The molecule has 0 fully saturated rings. The molecule has 92 valence electrons. The fourth-order valence-corrected chi connectivity index (χ4v) is 4.12. The first kappa shape index (κ1) is 12.4. The molecule has 2 rings (SSSR count). The average molecular weight is 290 g/mol. The van der Waals surface area contributed by atoms with E-state index in [9.17, 15) is 8.42 Å². The Morgan fingerprint density at radius 2 is 2.24 bits per heavy atom. The monoisotopic (exact) mass is 290 g/mol. The van der Waals surface area contributed by atoms with E-state index in [1.807, 2.05) is 17.5 Å². The second-order valence-electron chi connectivity index (χ2n) is 3.25. The van der Waals surface area contributed by atoms with Gasteiger partial charge in [0.15, 0.2) is 0 Å². The van der Waals surface area contributed by atoms with Crippen molar-refractivity contribution in [3.05, 3.63) is 22.4 Å². The summed E-state index contributed by atoms with van der Waals surface area (Å²) in [4.78, 5) is 0.966. The van der Waals surface area contributed by atoms with Crippen LogP contribution >= 0.6 is 22.7 Å². The van der Waals surface area contributed by atoms with Gasteiger partial charge in [0.1, 0.15) is 0 Å². The van der Waals surface area contributed by atoms with E-state index in [0.29, 0.717) is 6.54 Å². The smallest absolute Gasteiger partial charge is 0.272 e. The van der Waals surface area contributed by atoms with Crippen molar-refractivity contribution in [3.63, 3.8) is 0 Å². The van der Waals surface area contributed by atoms with Crippen LogP contribution in [0.5, 0.6) is 0 Å². The van der Waals surface area contributed by atoms with Crippen LogP contribution in [0.3, 0.4) is 0 Å². The molecule has 0 aliphatic rings. The zero-order chi connectivity index (χ0) is 12.5. The van der Waals surface area contributed by atoms with Crippen molar-refractivity contribution in [2.75, 3.05) is 12.8 Å². The third-order valence-electron chi connectivity index (χ3n) is 2.01. The highest BCUT2D eigenvalue weighted by molar-refractivity contribution is 7.91. The summed E-state index contributed by atoms with van der Waals surface area (Å²) in [5.41, 5.74) is 5.38. The van der Waals surface area contributed by atoms with Crippen molar-refractivity contribution in [2.45, 2.75) is 10.9 Å². The van der Waals surface area contributed by atoms with Crippen LogP contribution in [0, 0.1) is 0 Å². The van der Waals surface area contributed by atoms with Gasteiger partial charge in [-0.1, -0.05) is 17.4 Å². The average Bonchev–Trinajstić information content (AvgIpc) is 2.89. The lowest BCUT2D eigenvalue weighted by Crippen LogP contribution is -2.26. The lowest BCUT2D eigenvalue weighted by molar-refractivity contribution is 0.468. The highest BCUT2D eigenvalue weighted by Crippen LogP contribution is 2.22. The lowest BCUT2D eigenvalue weighted by Gasteiger charge is -2.13. The third kappa shape index (κ3) is 2.63. The second-order valence-corrected chi connectivity index (χ2v) is 7.51. The lowest BCUT2D eigenvalue weighted by atomic mass is 10.5. The van der Waals surface area contributed by atoms with Gasteiger partial charge < -0.3 is 5.73 Å². The number of nitrogens with zero attached hydrogens (tertiary/aromatic N) is 3. The maximum absolute atomic E-state index is 12.1. The molecule has 0 aromatic carbocycles. The van der Waals surface area contributed by atoms with E-state index in [2.05, 4.69) is 10.2 Å². The van der Waals surface area contributed by atoms with Crippen LogP contribution in [-0.4, -0.2) is 30.0 Å². The van der Waals surface area contributed by atoms with Gasteiger partial charge in [0.05, 0.1) is 0 Å². The van der Waals surface area contributed by atoms with Crippen molar-refractivity contribution >= 4 is 37.8 Å². The molecular weight excluding hydrogens is 280 g/mol. The zero-order valence-electron chi connectivity index (χ0n) is 8.90. The maximum atomic E-state index is 12.1. The minimum Gasteiger partial charge on any atom is -0.374 e. The number of sulfonamides is 1. The predicted octanol–water partition coefficient (Wildman–Crippen LogP) is 1.00. The number of anilines is 1. The van der Waals surface area contributed by atoms with Gasteiger partial charge in [-0.15, -0.1) is 21.5 Å². The zero-order valence-corrected chi connectivity index (χ0v) is 11.3. The van der Waals surface area contributed by atoms with Crippen molar-refractivity contribution < 1.29 is 8.42 Å². The van der Waals surface area contributed by atoms with Gasteiger partial charge >= 0.3 is 0 Å². The molecule has 0 bridgehead atoms. The molecule has 0 unspecified atom stereocenters. The van der Waals surface area contributed by atoms with E-state index in [-0.39, 0.29) is 9.47 Å². The van der Waals surface area contributed by atoms with Crippen LogP contribution in [0.1, 0.15) is 4.88 Å². The fourth-order valence-electron chi connectivity index (χ4n) is 1.16. The van der Waals surface area contributed by atoms with Gasteiger partial charge in [0, 0.05) is 18.5 Å². The highest BCUT2D eigenvalue weighted by Gasteiger charge is 2.25. The number of nitrogen functional groups attached to an aromatic ring is 1. The summed E-state index contributed by atoms with van der Waals surface area (Å²) < 4.78 is 25.3. The molecule has 9 heteroatoms.